The Morgan fingerprint density at radius 1 is 0.824 bits per heavy atom. The summed E-state index contributed by atoms with van der Waals surface area (Å²) in [5, 5.41) is 13.1. The highest BCUT2D eigenvalue weighted by Gasteiger charge is 2.35. The van der Waals surface area contributed by atoms with Gasteiger partial charge in [0.1, 0.15) is 16.8 Å². The minimum Gasteiger partial charge on any atom is -0.444 e. The molecule has 0 aliphatic carbocycles. The number of ether oxygens (including phenoxy) is 3. The fourth-order valence-corrected chi connectivity index (χ4v) is 5.05. The van der Waals surface area contributed by atoms with Gasteiger partial charge in [0.05, 0.1) is 35.2 Å². The molecule has 0 bridgehead atoms. The number of carbonyl (C=O) groups excluding carboxylic acids is 3. The Bertz CT molecular complexity index is 1870. The molecule has 3 rings (SSSR count). The number of benzene rings is 2. The van der Waals surface area contributed by atoms with E-state index in [9.17, 15) is 27.9 Å². The third-order valence-corrected chi connectivity index (χ3v) is 8.22. The molecule has 0 aliphatic heterocycles. The number of aromatic nitrogens is 2. The number of hydrogen-bond donors (Lipinski definition) is 2. The van der Waals surface area contributed by atoms with Crippen LogP contribution in [0.25, 0.3) is 11.3 Å². The number of aliphatic hydroxyl groups is 1. The Morgan fingerprint density at radius 3 is 1.84 bits per heavy atom. The SMILES string of the molecule is CCS(=O)(=O)c1ccc(-c2cnc(N(C(=O)OC(C)(C)C)C(=O)OC(C)(C)C)c(C#Cc3ccc(C(O)CNC(=O)OC(C)(C)C)cc3)n2)cc1. The van der Waals surface area contributed by atoms with Gasteiger partial charge in [-0.1, -0.05) is 37.1 Å². The largest absolute Gasteiger partial charge is 0.444 e. The van der Waals surface area contributed by atoms with Gasteiger partial charge in [0.15, 0.2) is 21.3 Å². The fraction of sp³-hybridized carbons (Fsp3) is 0.432. The number of hydrogen-bond acceptors (Lipinski definition) is 11. The smallest absolute Gasteiger partial charge is 0.425 e. The van der Waals surface area contributed by atoms with E-state index in [4.69, 9.17) is 14.2 Å². The molecule has 14 heteroatoms. The van der Waals surface area contributed by atoms with E-state index in [1.807, 2.05) is 0 Å². The second-order valence-electron chi connectivity index (χ2n) is 14.4. The molecule has 0 fully saturated rings. The van der Waals surface area contributed by atoms with Crippen molar-refractivity contribution in [3.63, 3.8) is 0 Å². The highest BCUT2D eigenvalue weighted by Crippen LogP contribution is 2.27. The topological polar surface area (TPSA) is 174 Å². The van der Waals surface area contributed by atoms with Crippen molar-refractivity contribution in [2.45, 2.75) is 97.0 Å². The highest BCUT2D eigenvalue weighted by atomic mass is 32.2. The summed E-state index contributed by atoms with van der Waals surface area (Å²) < 4.78 is 41.0. The van der Waals surface area contributed by atoms with Crippen molar-refractivity contribution in [3.05, 3.63) is 71.5 Å². The van der Waals surface area contributed by atoms with Crippen LogP contribution in [0.3, 0.4) is 0 Å². The molecule has 1 aromatic heterocycles. The molecule has 2 aromatic carbocycles. The Labute approximate surface area is 299 Å². The first kappa shape index (κ1) is 40.4. The summed E-state index contributed by atoms with van der Waals surface area (Å²) >= 11 is 0. The van der Waals surface area contributed by atoms with Crippen LogP contribution >= 0.6 is 0 Å². The maximum Gasteiger partial charge on any atom is 0.425 e. The first-order valence-electron chi connectivity index (χ1n) is 16.2. The molecule has 1 atom stereocenters. The predicted octanol–water partition coefficient (Wildman–Crippen LogP) is 6.57. The van der Waals surface area contributed by atoms with E-state index in [2.05, 4.69) is 27.1 Å². The second kappa shape index (κ2) is 15.9. The minimum absolute atomic E-state index is 0.0609. The van der Waals surface area contributed by atoms with E-state index < -0.39 is 51.0 Å². The lowest BCUT2D eigenvalue weighted by atomic mass is 10.1. The standard InChI is InChI=1S/C37H46N4O9S/c1-11-51(46,47)27-19-17-25(18-20-27)29-22-38-31(41(33(44)49-36(5,6)7)34(45)50-37(8,9)10)28(40-29)21-14-24-12-15-26(16-13-24)30(42)23-39-32(43)48-35(2,3)4/h12-13,15-20,22,30,42H,11,23H2,1-10H3,(H,39,43). The maximum atomic E-state index is 13.5. The molecule has 1 heterocycles. The number of nitrogens with one attached hydrogen (secondary N) is 1. The zero-order valence-electron chi connectivity index (χ0n) is 30.7. The summed E-state index contributed by atoms with van der Waals surface area (Å²) in [6, 6.07) is 12.6. The number of aliphatic hydroxyl groups excluding tert-OH is 1. The molecular formula is C37H46N4O9S. The summed E-state index contributed by atoms with van der Waals surface area (Å²) in [6.45, 7) is 16.5. The number of amides is 3. The lowest BCUT2D eigenvalue weighted by molar-refractivity contribution is 0.0425. The van der Waals surface area contributed by atoms with Crippen molar-refractivity contribution in [2.24, 2.45) is 0 Å². The summed E-state index contributed by atoms with van der Waals surface area (Å²) in [7, 11) is -3.44. The van der Waals surface area contributed by atoms with Gasteiger partial charge in [0, 0.05) is 11.1 Å². The number of sulfone groups is 1. The van der Waals surface area contributed by atoms with Crippen molar-refractivity contribution < 1.29 is 42.1 Å². The van der Waals surface area contributed by atoms with Crippen LogP contribution < -0.4 is 10.2 Å². The quantitative estimate of drug-likeness (QED) is 0.199. The molecule has 0 spiro atoms. The molecule has 0 saturated heterocycles. The van der Waals surface area contributed by atoms with Gasteiger partial charge in [0.2, 0.25) is 0 Å². The van der Waals surface area contributed by atoms with Crippen LogP contribution in [0.15, 0.2) is 59.6 Å². The van der Waals surface area contributed by atoms with Crippen LogP contribution in [0.5, 0.6) is 0 Å². The molecule has 3 aromatic rings. The monoisotopic (exact) mass is 722 g/mol. The third kappa shape index (κ3) is 12.4. The van der Waals surface area contributed by atoms with Gasteiger partial charge >= 0.3 is 18.3 Å². The van der Waals surface area contributed by atoms with Crippen molar-refractivity contribution in [3.8, 4) is 23.1 Å². The van der Waals surface area contributed by atoms with Gasteiger partial charge < -0.3 is 24.6 Å². The Balaban J connectivity index is 2.07. The molecule has 13 nitrogen and oxygen atoms in total. The fourth-order valence-electron chi connectivity index (χ4n) is 4.16. The molecule has 0 saturated carbocycles. The average Bonchev–Trinajstić information content (AvgIpc) is 3.01. The van der Waals surface area contributed by atoms with E-state index in [0.717, 1.165) is 0 Å². The molecule has 0 radical (unpaired) electrons. The number of rotatable bonds is 7. The van der Waals surface area contributed by atoms with Gasteiger partial charge in [-0.25, -0.2) is 32.8 Å². The Morgan fingerprint density at radius 2 is 1.35 bits per heavy atom. The van der Waals surface area contributed by atoms with E-state index in [-0.39, 0.29) is 34.4 Å². The normalized spacial score (nSPS) is 12.5. The zero-order valence-corrected chi connectivity index (χ0v) is 31.5. The van der Waals surface area contributed by atoms with Crippen LogP contribution in [0.4, 0.5) is 20.2 Å². The molecule has 274 valence electrons. The van der Waals surface area contributed by atoms with Crippen molar-refractivity contribution in [2.75, 3.05) is 17.2 Å². The molecule has 1 unspecified atom stereocenters. The van der Waals surface area contributed by atoms with E-state index in [1.54, 1.807) is 106 Å². The van der Waals surface area contributed by atoms with E-state index >= 15 is 0 Å². The second-order valence-corrected chi connectivity index (χ2v) is 16.7. The summed E-state index contributed by atoms with van der Waals surface area (Å²) in [5.41, 5.74) is -0.941. The Kier molecular flexibility index (Phi) is 12.6. The van der Waals surface area contributed by atoms with Crippen LogP contribution in [0.1, 0.15) is 92.2 Å². The van der Waals surface area contributed by atoms with E-state index in [1.165, 1.54) is 18.3 Å². The summed E-state index contributed by atoms with van der Waals surface area (Å²) in [6.07, 6.45) is -2.48. The van der Waals surface area contributed by atoms with Crippen LogP contribution in [0.2, 0.25) is 0 Å². The van der Waals surface area contributed by atoms with Crippen LogP contribution in [-0.4, -0.2) is 70.9 Å². The van der Waals surface area contributed by atoms with Crippen LogP contribution in [-0.2, 0) is 24.0 Å². The van der Waals surface area contributed by atoms with Gasteiger partial charge in [-0.3, -0.25) is 0 Å². The summed E-state index contributed by atoms with van der Waals surface area (Å²) in [5.74, 6) is 5.54. The molecule has 0 aliphatic rings. The molecule has 3 amide bonds. The third-order valence-electron chi connectivity index (χ3n) is 6.47. The lowest BCUT2D eigenvalue weighted by Crippen LogP contribution is -2.44. The van der Waals surface area contributed by atoms with Crippen molar-refractivity contribution in [1.82, 2.24) is 15.3 Å². The number of alkyl carbamates (subject to hydrolysis) is 1. The molecule has 51 heavy (non-hydrogen) atoms. The van der Waals surface area contributed by atoms with Gasteiger partial charge in [-0.2, -0.15) is 4.90 Å². The van der Waals surface area contributed by atoms with Crippen LogP contribution in [0, 0.1) is 11.8 Å². The van der Waals surface area contributed by atoms with Gasteiger partial charge in [-0.15, -0.1) is 0 Å². The average molecular weight is 723 g/mol. The number of nitrogens with zero attached hydrogens (tertiary/aromatic N) is 3. The zero-order chi connectivity index (χ0) is 38.4. The molecular weight excluding hydrogens is 676 g/mol. The van der Waals surface area contributed by atoms with E-state index in [0.29, 0.717) is 21.6 Å². The van der Waals surface area contributed by atoms with Crippen molar-refractivity contribution >= 4 is 33.9 Å². The lowest BCUT2D eigenvalue weighted by Gasteiger charge is -2.28. The van der Waals surface area contributed by atoms with Gasteiger partial charge in [0.25, 0.3) is 0 Å². The predicted molar refractivity (Wildman–Crippen MR) is 192 cm³/mol. The highest BCUT2D eigenvalue weighted by molar-refractivity contribution is 7.91. The first-order chi connectivity index (χ1) is 23.5. The number of carbonyl (C=O) groups is 3. The minimum atomic E-state index is -3.44. The summed E-state index contributed by atoms with van der Waals surface area (Å²) in [4.78, 5) is 48.7. The number of anilines is 1. The maximum absolute atomic E-state index is 13.5. The first-order valence-corrected chi connectivity index (χ1v) is 17.9. The Hall–Kier alpha value is -5.00. The number of imide groups is 1. The molecule has 2 N–H and O–H groups in total. The van der Waals surface area contributed by atoms with Crippen molar-refractivity contribution in [1.29, 1.82) is 0 Å². The van der Waals surface area contributed by atoms with Gasteiger partial charge in [-0.05, 0) is 98.1 Å².